The van der Waals surface area contributed by atoms with Crippen molar-refractivity contribution in [2.75, 3.05) is 38.2 Å². The number of ketones is 1. The van der Waals surface area contributed by atoms with E-state index in [1.165, 1.54) is 24.2 Å². The number of Topliss-reactive ketones (excluding diaryl/α,β-unsaturated/α-hetero) is 1. The number of carbonyl (C=O) groups excluding carboxylic acids is 2. The third-order valence-electron chi connectivity index (χ3n) is 6.70. The number of amides is 1. The van der Waals surface area contributed by atoms with Gasteiger partial charge in [-0.05, 0) is 24.4 Å². The van der Waals surface area contributed by atoms with E-state index in [4.69, 9.17) is 4.74 Å². The van der Waals surface area contributed by atoms with Crippen LogP contribution < -0.4 is 9.64 Å². The maximum absolute atomic E-state index is 13.4. The van der Waals surface area contributed by atoms with Crippen LogP contribution in [0.15, 0.2) is 55.4 Å². The van der Waals surface area contributed by atoms with Crippen LogP contribution in [0, 0.1) is 6.92 Å². The highest BCUT2D eigenvalue weighted by molar-refractivity contribution is 6.45. The molecular weight excluding hydrogens is 472 g/mol. The Morgan fingerprint density at radius 2 is 1.89 bits per heavy atom. The minimum atomic E-state index is -0.598. The number of pyridine rings is 2. The largest absolute Gasteiger partial charge is 0.494 e. The monoisotopic (exact) mass is 496 g/mol. The van der Waals surface area contributed by atoms with Crippen molar-refractivity contribution in [3.05, 3.63) is 66.8 Å². The molecule has 37 heavy (non-hydrogen) atoms. The van der Waals surface area contributed by atoms with E-state index in [9.17, 15) is 9.59 Å². The zero-order valence-corrected chi connectivity index (χ0v) is 20.4. The lowest BCUT2D eigenvalue weighted by Gasteiger charge is -2.36. The van der Waals surface area contributed by atoms with E-state index in [1.807, 2.05) is 18.3 Å². The Morgan fingerprint density at radius 1 is 1.05 bits per heavy atom. The first-order valence-electron chi connectivity index (χ1n) is 11.9. The number of nitrogens with one attached hydrogen (secondary N) is 1. The molecule has 4 aromatic heterocycles. The number of fused-ring (bicyclic) bond motifs is 2. The number of nitrogens with zero attached hydrogens (tertiary/aromatic N) is 7. The van der Waals surface area contributed by atoms with Crippen LogP contribution in [-0.4, -0.2) is 79.6 Å². The summed E-state index contributed by atoms with van der Waals surface area (Å²) in [6, 6.07) is 8.12. The minimum Gasteiger partial charge on any atom is -0.494 e. The second-order valence-electron chi connectivity index (χ2n) is 8.82. The fourth-order valence-corrected chi connectivity index (χ4v) is 4.84. The number of hydrogen-bond acceptors (Lipinski definition) is 8. The summed E-state index contributed by atoms with van der Waals surface area (Å²) >= 11 is 0. The zero-order chi connectivity index (χ0) is 25.5. The number of carbonyl (C=O) groups is 2. The van der Waals surface area contributed by atoms with Crippen LogP contribution in [0.1, 0.15) is 16.2 Å². The zero-order valence-electron chi connectivity index (χ0n) is 20.4. The molecule has 1 fully saturated rings. The van der Waals surface area contributed by atoms with Gasteiger partial charge < -0.3 is 19.5 Å². The number of rotatable bonds is 5. The van der Waals surface area contributed by atoms with E-state index in [-0.39, 0.29) is 5.56 Å². The quantitative estimate of drug-likeness (QED) is 0.291. The summed E-state index contributed by atoms with van der Waals surface area (Å²) in [5, 5.41) is 6.98. The van der Waals surface area contributed by atoms with E-state index in [0.29, 0.717) is 54.5 Å². The van der Waals surface area contributed by atoms with Crippen molar-refractivity contribution in [3.8, 4) is 11.6 Å². The summed E-state index contributed by atoms with van der Waals surface area (Å²) in [5.41, 5.74) is 1.85. The van der Waals surface area contributed by atoms with Gasteiger partial charge in [-0.15, -0.1) is 0 Å². The molecule has 5 aromatic rings. The first-order valence-corrected chi connectivity index (χ1v) is 11.9. The van der Waals surface area contributed by atoms with Crippen LogP contribution in [0.4, 0.5) is 5.69 Å². The second-order valence-corrected chi connectivity index (χ2v) is 8.82. The molecule has 1 N–H and O–H groups in total. The van der Waals surface area contributed by atoms with Crippen molar-refractivity contribution in [1.29, 1.82) is 0 Å². The highest BCUT2D eigenvalue weighted by atomic mass is 16.5. The highest BCUT2D eigenvalue weighted by Gasteiger charge is 2.30. The van der Waals surface area contributed by atoms with Gasteiger partial charge in [-0.25, -0.2) is 14.6 Å². The van der Waals surface area contributed by atoms with E-state index in [2.05, 4.69) is 42.1 Å². The summed E-state index contributed by atoms with van der Waals surface area (Å²) in [4.78, 5) is 46.5. The number of hydrogen-bond donors (Lipinski definition) is 1. The van der Waals surface area contributed by atoms with Gasteiger partial charge in [0, 0.05) is 55.8 Å². The molecule has 11 heteroatoms. The van der Waals surface area contributed by atoms with E-state index in [0.717, 1.165) is 16.5 Å². The molecule has 1 amide bonds. The van der Waals surface area contributed by atoms with Crippen LogP contribution in [0.3, 0.4) is 0 Å². The number of aromatic nitrogens is 6. The Hall–Kier alpha value is -4.80. The lowest BCUT2D eigenvalue weighted by atomic mass is 10.1. The Kier molecular flexibility index (Phi) is 5.52. The molecular formula is C26H24N8O3. The molecule has 0 saturated carbocycles. The molecule has 5 heterocycles. The predicted octanol–water partition coefficient (Wildman–Crippen LogP) is 2.54. The van der Waals surface area contributed by atoms with Gasteiger partial charge in [0.2, 0.25) is 0 Å². The molecule has 0 unspecified atom stereocenters. The number of benzene rings is 1. The Morgan fingerprint density at radius 3 is 2.65 bits per heavy atom. The fourth-order valence-electron chi connectivity index (χ4n) is 4.84. The van der Waals surface area contributed by atoms with Gasteiger partial charge in [0.05, 0.1) is 29.8 Å². The van der Waals surface area contributed by atoms with E-state index < -0.39 is 11.7 Å². The molecule has 11 nitrogen and oxygen atoms in total. The summed E-state index contributed by atoms with van der Waals surface area (Å²) in [6.45, 7) is 3.88. The average molecular weight is 497 g/mol. The highest BCUT2D eigenvalue weighted by Crippen LogP contribution is 2.32. The van der Waals surface area contributed by atoms with Gasteiger partial charge >= 0.3 is 0 Å². The van der Waals surface area contributed by atoms with Crippen LogP contribution in [0.2, 0.25) is 0 Å². The lowest BCUT2D eigenvalue weighted by Crippen LogP contribution is -2.50. The maximum Gasteiger partial charge on any atom is 0.295 e. The van der Waals surface area contributed by atoms with Gasteiger partial charge in [0.25, 0.3) is 11.7 Å². The van der Waals surface area contributed by atoms with Crippen LogP contribution in [0.5, 0.6) is 5.75 Å². The molecule has 0 bridgehead atoms. The van der Waals surface area contributed by atoms with Crippen LogP contribution >= 0.6 is 0 Å². The van der Waals surface area contributed by atoms with Gasteiger partial charge in [-0.3, -0.25) is 14.6 Å². The maximum atomic E-state index is 13.4. The van der Waals surface area contributed by atoms with E-state index in [1.54, 1.807) is 24.3 Å². The molecule has 1 saturated heterocycles. The van der Waals surface area contributed by atoms with Crippen molar-refractivity contribution < 1.29 is 14.3 Å². The Labute approximate surface area is 211 Å². The first kappa shape index (κ1) is 22.7. The summed E-state index contributed by atoms with van der Waals surface area (Å²) in [7, 11) is 1.50. The standard InChI is InChI=1S/C26H24N8O3/c1-16-30-15-34(31-16)25-23-22(21(37-2)14-29-25)19(13-28-23)24(35)26(36)33-10-8-32(9-11-33)20-5-3-4-17-6-7-27-12-18(17)20/h3-7,12-15,28H,8-11H2,1-2H3. The fraction of sp³-hybridized carbons (Fsp3) is 0.231. The molecule has 1 aromatic carbocycles. The minimum absolute atomic E-state index is 0.236. The van der Waals surface area contributed by atoms with Gasteiger partial charge in [0.1, 0.15) is 17.9 Å². The summed E-state index contributed by atoms with van der Waals surface area (Å²) in [6.07, 6.45) is 8.23. The smallest absolute Gasteiger partial charge is 0.295 e. The topological polar surface area (TPSA) is 122 Å². The van der Waals surface area contributed by atoms with Gasteiger partial charge in [0.15, 0.2) is 5.82 Å². The second kappa shape index (κ2) is 9.01. The number of anilines is 1. The predicted molar refractivity (Wildman–Crippen MR) is 137 cm³/mol. The number of methoxy groups -OCH3 is 1. The normalized spacial score (nSPS) is 13.9. The van der Waals surface area contributed by atoms with Crippen molar-refractivity contribution in [2.45, 2.75) is 6.92 Å². The molecule has 1 aliphatic heterocycles. The Bertz CT molecular complexity index is 1640. The number of H-pyrrole nitrogens is 1. The van der Waals surface area contributed by atoms with Gasteiger partial charge in [-0.2, -0.15) is 5.10 Å². The number of piperazine rings is 1. The number of aromatic amines is 1. The number of ether oxygens (including phenoxy) is 1. The van der Waals surface area contributed by atoms with Crippen molar-refractivity contribution in [3.63, 3.8) is 0 Å². The van der Waals surface area contributed by atoms with Crippen molar-refractivity contribution in [2.24, 2.45) is 0 Å². The molecule has 6 rings (SSSR count). The molecule has 1 aliphatic rings. The van der Waals surface area contributed by atoms with Crippen LogP contribution in [-0.2, 0) is 4.79 Å². The molecule has 0 atom stereocenters. The van der Waals surface area contributed by atoms with Crippen molar-refractivity contribution >= 4 is 39.1 Å². The van der Waals surface area contributed by atoms with E-state index >= 15 is 0 Å². The third-order valence-corrected chi connectivity index (χ3v) is 6.70. The molecule has 0 spiro atoms. The average Bonchev–Trinajstić information content (AvgIpc) is 3.58. The molecule has 0 aliphatic carbocycles. The SMILES string of the molecule is COc1cnc(-n2cnc(C)n2)c2[nH]cc(C(=O)C(=O)N3CCN(c4cccc5ccncc45)CC3)c12. The molecule has 186 valence electrons. The van der Waals surface area contributed by atoms with Crippen molar-refractivity contribution in [1.82, 2.24) is 34.6 Å². The lowest BCUT2D eigenvalue weighted by molar-refractivity contribution is -0.126. The molecule has 0 radical (unpaired) electrons. The number of aryl methyl sites for hydroxylation is 1. The first-order chi connectivity index (χ1) is 18.0. The summed E-state index contributed by atoms with van der Waals surface area (Å²) < 4.78 is 7.00. The summed E-state index contributed by atoms with van der Waals surface area (Å²) in [5.74, 6) is 0.294. The Balaban J connectivity index is 1.25. The third kappa shape index (κ3) is 3.84. The van der Waals surface area contributed by atoms with Gasteiger partial charge in [-0.1, -0.05) is 12.1 Å². The van der Waals surface area contributed by atoms with Crippen LogP contribution in [0.25, 0.3) is 27.5 Å².